The molecule has 2 aromatic carbocycles. The number of carbonyl (C=O) groups excluding carboxylic acids is 1. The van der Waals surface area contributed by atoms with Gasteiger partial charge in [-0.1, -0.05) is 30.3 Å². The van der Waals surface area contributed by atoms with Crippen LogP contribution in [0, 0.1) is 0 Å². The Kier molecular flexibility index (Phi) is 5.64. The summed E-state index contributed by atoms with van der Waals surface area (Å²) in [4.78, 5) is 21.4. The van der Waals surface area contributed by atoms with Crippen molar-refractivity contribution in [3.8, 4) is 17.3 Å². The van der Waals surface area contributed by atoms with E-state index in [-0.39, 0.29) is 18.1 Å². The van der Waals surface area contributed by atoms with Crippen LogP contribution >= 0.6 is 0 Å². The van der Waals surface area contributed by atoms with Crippen LogP contribution in [0.1, 0.15) is 30.1 Å². The van der Waals surface area contributed by atoms with Gasteiger partial charge in [0, 0.05) is 16.8 Å². The number of benzene rings is 2. The van der Waals surface area contributed by atoms with E-state index in [2.05, 4.69) is 22.1 Å². The maximum Gasteiger partial charge on any atom is 0.256 e. The van der Waals surface area contributed by atoms with Gasteiger partial charge in [0.1, 0.15) is 11.9 Å². The lowest BCUT2D eigenvalue weighted by Crippen LogP contribution is -2.49. The number of hydrogen-bond acceptors (Lipinski definition) is 6. The summed E-state index contributed by atoms with van der Waals surface area (Å²) in [5.74, 6) is 1.20. The summed E-state index contributed by atoms with van der Waals surface area (Å²) in [6.45, 7) is 2.55. The van der Waals surface area contributed by atoms with Crippen LogP contribution in [-0.4, -0.2) is 56.6 Å². The Labute approximate surface area is 191 Å². The zero-order valence-electron chi connectivity index (χ0n) is 18.6. The smallest absolute Gasteiger partial charge is 0.256 e. The Morgan fingerprint density at radius 2 is 1.73 bits per heavy atom. The third-order valence-corrected chi connectivity index (χ3v) is 6.09. The van der Waals surface area contributed by atoms with Crippen molar-refractivity contribution >= 4 is 16.7 Å². The zero-order chi connectivity index (χ0) is 22.8. The molecule has 2 aromatic heterocycles. The first kappa shape index (κ1) is 20.9. The molecule has 0 N–H and O–H groups in total. The lowest BCUT2D eigenvalue weighted by atomic mass is 9.99. The van der Waals surface area contributed by atoms with Gasteiger partial charge < -0.3 is 14.4 Å². The van der Waals surface area contributed by atoms with Gasteiger partial charge in [0.15, 0.2) is 0 Å². The summed E-state index contributed by atoms with van der Waals surface area (Å²) in [6, 6.07) is 15.4. The predicted molar refractivity (Wildman–Crippen MR) is 124 cm³/mol. The van der Waals surface area contributed by atoms with Gasteiger partial charge in [0.05, 0.1) is 43.5 Å². The molecule has 0 aliphatic carbocycles. The van der Waals surface area contributed by atoms with Crippen molar-refractivity contribution in [1.29, 1.82) is 0 Å². The average molecular weight is 444 g/mol. The van der Waals surface area contributed by atoms with Crippen molar-refractivity contribution in [3.63, 3.8) is 0 Å². The maximum absolute atomic E-state index is 13.6. The van der Waals surface area contributed by atoms with Crippen LogP contribution in [0.2, 0.25) is 0 Å². The summed E-state index contributed by atoms with van der Waals surface area (Å²) < 4.78 is 11.8. The second kappa shape index (κ2) is 8.90. The predicted octanol–water partition coefficient (Wildman–Crippen LogP) is 3.90. The summed E-state index contributed by atoms with van der Waals surface area (Å²) in [5, 5.41) is 10.2. The number of fused-ring (bicyclic) bond motifs is 1. The summed E-state index contributed by atoms with van der Waals surface area (Å²) in [7, 11) is 1.63. The molecule has 4 aromatic rings. The Morgan fingerprint density at radius 3 is 2.52 bits per heavy atom. The number of nitrogens with zero attached hydrogens (tertiary/aromatic N) is 5. The number of pyridine rings is 1. The van der Waals surface area contributed by atoms with Crippen molar-refractivity contribution in [2.24, 2.45) is 0 Å². The molecule has 1 saturated heterocycles. The van der Waals surface area contributed by atoms with Crippen molar-refractivity contribution in [3.05, 3.63) is 72.7 Å². The molecule has 0 saturated carbocycles. The van der Waals surface area contributed by atoms with E-state index in [0.29, 0.717) is 29.4 Å². The van der Waals surface area contributed by atoms with E-state index in [1.54, 1.807) is 25.7 Å². The number of hydrogen-bond donors (Lipinski definition) is 0. The monoisotopic (exact) mass is 443 g/mol. The van der Waals surface area contributed by atoms with Crippen molar-refractivity contribution in [1.82, 2.24) is 24.9 Å². The molecule has 5 rings (SSSR count). The van der Waals surface area contributed by atoms with Crippen LogP contribution in [0.4, 0.5) is 0 Å². The van der Waals surface area contributed by atoms with Crippen LogP contribution < -0.4 is 9.47 Å². The second-order valence-corrected chi connectivity index (χ2v) is 8.14. The number of ether oxygens (including phenoxy) is 2. The molecule has 0 bridgehead atoms. The molecule has 1 amide bonds. The van der Waals surface area contributed by atoms with Gasteiger partial charge in [0.25, 0.3) is 5.91 Å². The third kappa shape index (κ3) is 4.00. The number of likely N-dealkylation sites (tertiary alicyclic amines) is 1. The van der Waals surface area contributed by atoms with Crippen LogP contribution in [0.5, 0.6) is 11.6 Å². The summed E-state index contributed by atoms with van der Waals surface area (Å²) in [6.07, 6.45) is 6.40. The van der Waals surface area contributed by atoms with Crippen LogP contribution in [-0.2, 0) is 0 Å². The number of para-hydroxylation sites is 1. The fraction of sp³-hybridized carbons (Fsp3) is 0.280. The van der Waals surface area contributed by atoms with E-state index >= 15 is 0 Å². The molecule has 8 heteroatoms. The Morgan fingerprint density at radius 1 is 1.00 bits per heavy atom. The lowest BCUT2D eigenvalue weighted by molar-refractivity contribution is 0.0377. The summed E-state index contributed by atoms with van der Waals surface area (Å²) in [5.41, 5.74) is 1.22. The van der Waals surface area contributed by atoms with Crippen LogP contribution in [0.15, 0.2) is 67.1 Å². The molecule has 1 aliphatic rings. The molecule has 0 spiro atoms. The van der Waals surface area contributed by atoms with Crippen LogP contribution in [0.3, 0.4) is 0 Å². The normalized spacial score (nSPS) is 18.3. The fourth-order valence-electron chi connectivity index (χ4n) is 4.33. The number of piperidine rings is 1. The van der Waals surface area contributed by atoms with Crippen molar-refractivity contribution < 1.29 is 14.3 Å². The van der Waals surface area contributed by atoms with E-state index in [0.717, 1.165) is 23.6 Å². The minimum atomic E-state index is -0.163. The highest BCUT2D eigenvalue weighted by atomic mass is 16.5. The average Bonchev–Trinajstić information content (AvgIpc) is 3.40. The Bertz CT molecular complexity index is 1270. The quantitative estimate of drug-likeness (QED) is 0.465. The number of methoxy groups -OCH3 is 1. The van der Waals surface area contributed by atoms with E-state index in [4.69, 9.17) is 9.47 Å². The first-order valence-electron chi connectivity index (χ1n) is 11.0. The lowest BCUT2D eigenvalue weighted by Gasteiger charge is -2.38. The zero-order valence-corrected chi connectivity index (χ0v) is 18.6. The van der Waals surface area contributed by atoms with Gasteiger partial charge in [-0.25, -0.2) is 4.98 Å². The molecule has 168 valence electrons. The first-order chi connectivity index (χ1) is 16.2. The number of carbonyl (C=O) groups is 1. The van der Waals surface area contributed by atoms with Crippen molar-refractivity contribution in [2.75, 3.05) is 13.7 Å². The molecule has 3 heterocycles. The Hall–Kier alpha value is -3.94. The maximum atomic E-state index is 13.6. The van der Waals surface area contributed by atoms with Gasteiger partial charge >= 0.3 is 0 Å². The second-order valence-electron chi connectivity index (χ2n) is 8.14. The highest BCUT2D eigenvalue weighted by molar-refractivity contribution is 5.98. The fourth-order valence-corrected chi connectivity index (χ4v) is 4.33. The van der Waals surface area contributed by atoms with Gasteiger partial charge in [-0.15, -0.1) is 0 Å². The first-order valence-corrected chi connectivity index (χ1v) is 11.0. The molecule has 1 aliphatic heterocycles. The van der Waals surface area contributed by atoms with Crippen LogP contribution in [0.25, 0.3) is 16.5 Å². The minimum Gasteiger partial charge on any atom is -0.494 e. The topological polar surface area (TPSA) is 82.4 Å². The third-order valence-electron chi connectivity index (χ3n) is 6.09. The molecule has 0 radical (unpaired) electrons. The molecular formula is C25H25N5O3. The molecule has 33 heavy (non-hydrogen) atoms. The summed E-state index contributed by atoms with van der Waals surface area (Å²) >= 11 is 0. The highest BCUT2D eigenvalue weighted by Crippen LogP contribution is 2.32. The standard InChI is InChI=1S/C25H25N5O3/c1-17-11-12-18(33-24-20-8-4-3-7-19(20)23(32-2)15-26-24)16-29(17)25(31)21-9-5-6-10-22(21)30-27-13-14-28-30/h3-10,13-15,17-18H,11-12,16H2,1-2H3/t17-,18+/m1/s1. The van der Waals surface area contributed by atoms with Gasteiger partial charge in [-0.2, -0.15) is 15.0 Å². The number of rotatable bonds is 5. The molecular weight excluding hydrogens is 418 g/mol. The molecule has 2 atom stereocenters. The number of amides is 1. The molecule has 8 nitrogen and oxygen atoms in total. The molecule has 1 fully saturated rings. The van der Waals surface area contributed by atoms with Gasteiger partial charge in [-0.3, -0.25) is 4.79 Å². The van der Waals surface area contributed by atoms with E-state index in [1.165, 1.54) is 4.80 Å². The molecule has 0 unspecified atom stereocenters. The van der Waals surface area contributed by atoms with E-state index in [1.807, 2.05) is 53.4 Å². The van der Waals surface area contributed by atoms with E-state index in [9.17, 15) is 4.79 Å². The SMILES string of the molecule is COc1cnc(O[C@H]2CC[C@@H](C)N(C(=O)c3ccccc3-n3nccn3)C2)c2ccccc12. The number of aromatic nitrogens is 4. The van der Waals surface area contributed by atoms with E-state index < -0.39 is 0 Å². The van der Waals surface area contributed by atoms with Gasteiger partial charge in [0.2, 0.25) is 5.88 Å². The Balaban J connectivity index is 1.40. The van der Waals surface area contributed by atoms with Crippen molar-refractivity contribution in [2.45, 2.75) is 31.9 Å². The largest absolute Gasteiger partial charge is 0.494 e. The van der Waals surface area contributed by atoms with Gasteiger partial charge in [-0.05, 0) is 38.0 Å². The minimum absolute atomic E-state index is 0.0590. The highest BCUT2D eigenvalue weighted by Gasteiger charge is 2.32.